The summed E-state index contributed by atoms with van der Waals surface area (Å²) in [6, 6.07) is 5.85. The summed E-state index contributed by atoms with van der Waals surface area (Å²) in [5.41, 5.74) is 1.71. The lowest BCUT2D eigenvalue weighted by atomic mass is 10.1. The number of anilines is 1. The van der Waals surface area contributed by atoms with Gasteiger partial charge in [-0.05, 0) is 50.4 Å². The van der Waals surface area contributed by atoms with E-state index >= 15 is 0 Å². The Hall–Kier alpha value is -1.70. The molecular formula is C20H28N4O2S. The molecule has 2 fully saturated rings. The van der Waals surface area contributed by atoms with Crippen molar-refractivity contribution in [3.63, 3.8) is 0 Å². The summed E-state index contributed by atoms with van der Waals surface area (Å²) in [6.45, 7) is 7.53. The van der Waals surface area contributed by atoms with Gasteiger partial charge in [0.15, 0.2) is 5.13 Å². The smallest absolute Gasteiger partial charge is 0.251 e. The third kappa shape index (κ3) is 4.78. The molecule has 3 heterocycles. The highest BCUT2D eigenvalue weighted by atomic mass is 32.1. The highest BCUT2D eigenvalue weighted by molar-refractivity contribution is 7.22. The monoisotopic (exact) mass is 388 g/mol. The molecule has 0 saturated carbocycles. The van der Waals surface area contributed by atoms with Crippen LogP contribution < -0.4 is 10.2 Å². The van der Waals surface area contributed by atoms with Crippen LogP contribution in [0.2, 0.25) is 0 Å². The van der Waals surface area contributed by atoms with E-state index in [9.17, 15) is 4.79 Å². The first-order valence-corrected chi connectivity index (χ1v) is 10.8. The molecule has 7 heteroatoms. The average molecular weight is 389 g/mol. The molecule has 1 amide bonds. The van der Waals surface area contributed by atoms with Crippen LogP contribution in [0.15, 0.2) is 18.2 Å². The fourth-order valence-corrected chi connectivity index (χ4v) is 4.76. The predicted octanol–water partition coefficient (Wildman–Crippen LogP) is 2.74. The first-order valence-electron chi connectivity index (χ1n) is 10.0. The van der Waals surface area contributed by atoms with Crippen molar-refractivity contribution in [2.75, 3.05) is 57.4 Å². The number of benzene rings is 1. The first kappa shape index (κ1) is 18.7. The van der Waals surface area contributed by atoms with Crippen LogP contribution in [0, 0.1) is 0 Å². The Balaban J connectivity index is 1.31. The van der Waals surface area contributed by atoms with Crippen LogP contribution in [-0.4, -0.2) is 68.3 Å². The van der Waals surface area contributed by atoms with E-state index in [0.717, 1.165) is 73.3 Å². The minimum Gasteiger partial charge on any atom is -0.379 e. The Kier molecular flexibility index (Phi) is 6.21. The van der Waals surface area contributed by atoms with Crippen molar-refractivity contribution in [2.45, 2.75) is 25.7 Å². The van der Waals surface area contributed by atoms with Gasteiger partial charge in [0.05, 0.1) is 23.4 Å². The number of fused-ring (bicyclic) bond motifs is 1. The molecule has 0 bridgehead atoms. The number of morpholine rings is 1. The van der Waals surface area contributed by atoms with Crippen molar-refractivity contribution in [3.8, 4) is 0 Å². The third-order valence-electron chi connectivity index (χ3n) is 5.31. The molecule has 1 N–H and O–H groups in total. The molecule has 146 valence electrons. The minimum absolute atomic E-state index is 0.00630. The van der Waals surface area contributed by atoms with Crippen molar-refractivity contribution >= 4 is 32.6 Å². The fraction of sp³-hybridized carbons (Fsp3) is 0.600. The normalized spacial score (nSPS) is 18.7. The zero-order chi connectivity index (χ0) is 18.5. The molecule has 2 aliphatic rings. The molecule has 0 atom stereocenters. The quantitative estimate of drug-likeness (QED) is 0.771. The average Bonchev–Trinajstić information content (AvgIpc) is 3.16. The number of ether oxygens (including phenoxy) is 1. The summed E-state index contributed by atoms with van der Waals surface area (Å²) in [7, 11) is 0. The maximum Gasteiger partial charge on any atom is 0.251 e. The van der Waals surface area contributed by atoms with E-state index in [1.807, 2.05) is 18.2 Å². The Morgan fingerprint density at radius 3 is 2.78 bits per heavy atom. The van der Waals surface area contributed by atoms with Crippen molar-refractivity contribution in [2.24, 2.45) is 0 Å². The topological polar surface area (TPSA) is 57.7 Å². The van der Waals surface area contributed by atoms with E-state index in [2.05, 4.69) is 15.1 Å². The molecule has 6 nitrogen and oxygen atoms in total. The number of carbonyl (C=O) groups is 1. The predicted molar refractivity (Wildman–Crippen MR) is 110 cm³/mol. The van der Waals surface area contributed by atoms with Gasteiger partial charge in [-0.15, -0.1) is 0 Å². The molecule has 4 rings (SSSR count). The van der Waals surface area contributed by atoms with Crippen LogP contribution in [0.5, 0.6) is 0 Å². The lowest BCUT2D eigenvalue weighted by Gasteiger charge is -2.26. The third-order valence-corrected chi connectivity index (χ3v) is 6.39. The lowest BCUT2D eigenvalue weighted by Crippen LogP contribution is -2.38. The van der Waals surface area contributed by atoms with E-state index in [-0.39, 0.29) is 5.91 Å². The summed E-state index contributed by atoms with van der Waals surface area (Å²) in [4.78, 5) is 22.0. The second-order valence-electron chi connectivity index (χ2n) is 7.29. The SMILES string of the molecule is O=C(NCCCN1CCOCC1)c1ccc2nc(N3CCCCC3)sc2c1. The highest BCUT2D eigenvalue weighted by Crippen LogP contribution is 2.31. The van der Waals surface area contributed by atoms with Gasteiger partial charge in [-0.2, -0.15) is 0 Å². The van der Waals surface area contributed by atoms with Crippen molar-refractivity contribution in [3.05, 3.63) is 23.8 Å². The number of piperidine rings is 1. The summed E-state index contributed by atoms with van der Waals surface area (Å²) in [5, 5.41) is 4.14. The van der Waals surface area contributed by atoms with Crippen molar-refractivity contribution < 1.29 is 9.53 Å². The van der Waals surface area contributed by atoms with Gasteiger partial charge in [0, 0.05) is 38.3 Å². The van der Waals surface area contributed by atoms with Crippen LogP contribution in [0.1, 0.15) is 36.0 Å². The van der Waals surface area contributed by atoms with E-state index < -0.39 is 0 Å². The maximum atomic E-state index is 12.5. The van der Waals surface area contributed by atoms with Crippen molar-refractivity contribution in [1.29, 1.82) is 0 Å². The second kappa shape index (κ2) is 8.99. The minimum atomic E-state index is 0.00630. The molecule has 1 aromatic carbocycles. The molecule has 1 aromatic heterocycles. The summed E-state index contributed by atoms with van der Waals surface area (Å²) in [6.07, 6.45) is 4.77. The van der Waals surface area contributed by atoms with Crippen LogP contribution in [0.25, 0.3) is 10.2 Å². The van der Waals surface area contributed by atoms with Crippen LogP contribution in [0.3, 0.4) is 0 Å². The first-order chi connectivity index (χ1) is 13.3. The van der Waals surface area contributed by atoms with E-state index in [0.29, 0.717) is 6.54 Å². The lowest BCUT2D eigenvalue weighted by molar-refractivity contribution is 0.0374. The number of hydrogen-bond donors (Lipinski definition) is 1. The largest absolute Gasteiger partial charge is 0.379 e. The van der Waals surface area contributed by atoms with Gasteiger partial charge >= 0.3 is 0 Å². The molecule has 2 aliphatic heterocycles. The van der Waals surface area contributed by atoms with Crippen LogP contribution >= 0.6 is 11.3 Å². The molecule has 0 aliphatic carbocycles. The Morgan fingerprint density at radius 2 is 1.96 bits per heavy atom. The number of rotatable bonds is 6. The molecule has 27 heavy (non-hydrogen) atoms. The van der Waals surface area contributed by atoms with Gasteiger partial charge in [-0.3, -0.25) is 9.69 Å². The molecule has 0 radical (unpaired) electrons. The van der Waals surface area contributed by atoms with Gasteiger partial charge in [0.25, 0.3) is 5.91 Å². The molecule has 0 spiro atoms. The second-order valence-corrected chi connectivity index (χ2v) is 8.30. The number of carbonyl (C=O) groups excluding carboxylic acids is 1. The molecule has 2 aromatic rings. The van der Waals surface area contributed by atoms with Gasteiger partial charge in [-0.1, -0.05) is 11.3 Å². The number of nitrogens with one attached hydrogen (secondary N) is 1. The summed E-state index contributed by atoms with van der Waals surface area (Å²) >= 11 is 1.70. The van der Waals surface area contributed by atoms with E-state index in [1.54, 1.807) is 11.3 Å². The van der Waals surface area contributed by atoms with Crippen LogP contribution in [-0.2, 0) is 4.74 Å². The van der Waals surface area contributed by atoms with E-state index in [1.165, 1.54) is 19.3 Å². The Labute approximate surface area is 164 Å². The van der Waals surface area contributed by atoms with Crippen molar-refractivity contribution in [1.82, 2.24) is 15.2 Å². The van der Waals surface area contributed by atoms with Gasteiger partial charge < -0.3 is 15.0 Å². The van der Waals surface area contributed by atoms with Gasteiger partial charge in [0.1, 0.15) is 0 Å². The Bertz CT molecular complexity index is 766. The summed E-state index contributed by atoms with van der Waals surface area (Å²) in [5.74, 6) is 0.00630. The number of hydrogen-bond acceptors (Lipinski definition) is 6. The standard InChI is InChI=1S/C20H28N4O2S/c25-19(21-7-4-8-23-11-13-26-14-12-23)16-5-6-17-18(15-16)27-20(22-17)24-9-2-1-3-10-24/h5-6,15H,1-4,7-14H2,(H,21,25). The Morgan fingerprint density at radius 1 is 1.15 bits per heavy atom. The zero-order valence-corrected chi connectivity index (χ0v) is 16.6. The van der Waals surface area contributed by atoms with Gasteiger partial charge in [0.2, 0.25) is 0 Å². The number of aromatic nitrogens is 1. The number of thiazole rings is 1. The number of nitrogens with zero attached hydrogens (tertiary/aromatic N) is 3. The zero-order valence-electron chi connectivity index (χ0n) is 15.8. The number of amides is 1. The fourth-order valence-electron chi connectivity index (χ4n) is 3.71. The van der Waals surface area contributed by atoms with Crippen LogP contribution in [0.4, 0.5) is 5.13 Å². The molecule has 2 saturated heterocycles. The van der Waals surface area contributed by atoms with E-state index in [4.69, 9.17) is 9.72 Å². The molecule has 0 unspecified atom stereocenters. The maximum absolute atomic E-state index is 12.5. The molecular weight excluding hydrogens is 360 g/mol. The highest BCUT2D eigenvalue weighted by Gasteiger charge is 2.16. The summed E-state index contributed by atoms with van der Waals surface area (Å²) < 4.78 is 6.45. The van der Waals surface area contributed by atoms with Gasteiger partial charge in [-0.25, -0.2) is 4.98 Å².